The van der Waals surface area contributed by atoms with Gasteiger partial charge in [0.25, 0.3) is 0 Å². The highest BCUT2D eigenvalue weighted by molar-refractivity contribution is 5.87. The van der Waals surface area contributed by atoms with Crippen molar-refractivity contribution in [2.75, 3.05) is 14.2 Å². The summed E-state index contributed by atoms with van der Waals surface area (Å²) in [6.07, 6.45) is 1.39. The Morgan fingerprint density at radius 1 is 1.14 bits per heavy atom. The summed E-state index contributed by atoms with van der Waals surface area (Å²) in [4.78, 5) is 17.0. The Kier molecular flexibility index (Phi) is 5.57. The van der Waals surface area contributed by atoms with Crippen molar-refractivity contribution in [3.8, 4) is 34.4 Å². The van der Waals surface area contributed by atoms with E-state index in [1.807, 2.05) is 0 Å². The van der Waals surface area contributed by atoms with Gasteiger partial charge in [-0.05, 0) is 48.9 Å². The average Bonchev–Trinajstić information content (AvgIpc) is 2.89. The number of aromatic nitrogens is 1. The maximum Gasteiger partial charge on any atom is 0.344 e. The van der Waals surface area contributed by atoms with Crippen LogP contribution in [0.4, 0.5) is 4.39 Å². The number of nitriles is 1. The Balaban J connectivity index is 1.79. The van der Waals surface area contributed by atoms with Crippen LogP contribution in [0.1, 0.15) is 22.6 Å². The lowest BCUT2D eigenvalue weighted by Crippen LogP contribution is -2.26. The number of methoxy groups -OCH3 is 2. The zero-order chi connectivity index (χ0) is 25.6. The maximum absolute atomic E-state index is 13.8. The second-order valence-corrected chi connectivity index (χ2v) is 8.21. The number of hydrogen-bond acceptors (Lipinski definition) is 8. The summed E-state index contributed by atoms with van der Waals surface area (Å²) in [6, 6.07) is 13.8. The minimum atomic E-state index is -0.884. The molecule has 0 saturated carbocycles. The van der Waals surface area contributed by atoms with Crippen molar-refractivity contribution in [2.24, 2.45) is 5.73 Å². The summed E-state index contributed by atoms with van der Waals surface area (Å²) in [7, 11) is 3.03. The fraction of sp³-hybridized carbons (Fsp3) is 0.148. The van der Waals surface area contributed by atoms with Gasteiger partial charge in [0.1, 0.15) is 28.7 Å². The SMILES string of the molecule is COc1ccc2oc(=O)c3c(c2c1)OC(N)=C(C#N)C3c1ccc(OC)c(-c2cnc(F)c(C)c2)c1. The molecule has 2 aromatic carbocycles. The molecule has 1 aliphatic heterocycles. The van der Waals surface area contributed by atoms with Gasteiger partial charge in [-0.3, -0.25) is 0 Å². The molecule has 8 nitrogen and oxygen atoms in total. The van der Waals surface area contributed by atoms with Gasteiger partial charge in [-0.15, -0.1) is 0 Å². The fourth-order valence-corrected chi connectivity index (χ4v) is 4.39. The van der Waals surface area contributed by atoms with Crippen molar-refractivity contribution in [2.45, 2.75) is 12.8 Å². The van der Waals surface area contributed by atoms with Crippen LogP contribution in [0.3, 0.4) is 0 Å². The van der Waals surface area contributed by atoms with Crippen LogP contribution in [0.2, 0.25) is 0 Å². The third-order valence-electron chi connectivity index (χ3n) is 6.16. The number of aryl methyl sites for hydroxylation is 1. The molecule has 0 radical (unpaired) electrons. The Morgan fingerprint density at radius 3 is 2.64 bits per heavy atom. The maximum atomic E-state index is 13.8. The third-order valence-corrected chi connectivity index (χ3v) is 6.16. The Bertz CT molecular complexity index is 1670. The van der Waals surface area contributed by atoms with Gasteiger partial charge in [-0.25, -0.2) is 9.78 Å². The molecular weight excluding hydrogens is 465 g/mol. The van der Waals surface area contributed by atoms with E-state index in [0.29, 0.717) is 39.1 Å². The second kappa shape index (κ2) is 8.74. The van der Waals surface area contributed by atoms with E-state index < -0.39 is 17.5 Å². The van der Waals surface area contributed by atoms with Gasteiger partial charge < -0.3 is 24.4 Å². The highest BCUT2D eigenvalue weighted by atomic mass is 19.1. The second-order valence-electron chi connectivity index (χ2n) is 8.21. The number of hydrogen-bond donors (Lipinski definition) is 1. The number of halogens is 1. The topological polar surface area (TPSA) is 121 Å². The summed E-state index contributed by atoms with van der Waals surface area (Å²) in [5.74, 6) is -0.359. The first-order chi connectivity index (χ1) is 17.4. The standard InChI is InChI=1S/C27H20FN3O5/c1-13-8-15(12-31-25(13)28)17-9-14(4-6-20(17)34-3)22-19(11-29)26(30)36-24-18-10-16(33-2)5-7-21(18)35-27(32)23(22)24/h4-10,12,22H,30H2,1-3H3. The van der Waals surface area contributed by atoms with Gasteiger partial charge in [0, 0.05) is 22.9 Å². The molecule has 0 aliphatic carbocycles. The first-order valence-corrected chi connectivity index (χ1v) is 10.9. The largest absolute Gasteiger partial charge is 0.497 e. The zero-order valence-electron chi connectivity index (χ0n) is 19.6. The number of nitrogens with two attached hydrogens (primary N) is 1. The molecule has 3 heterocycles. The molecule has 0 spiro atoms. The molecule has 36 heavy (non-hydrogen) atoms. The lowest BCUT2D eigenvalue weighted by Gasteiger charge is -2.26. The first-order valence-electron chi connectivity index (χ1n) is 10.9. The summed E-state index contributed by atoms with van der Waals surface area (Å²) in [5.41, 5.74) is 8.11. The van der Waals surface area contributed by atoms with E-state index in [9.17, 15) is 14.4 Å². The van der Waals surface area contributed by atoms with Crippen LogP contribution >= 0.6 is 0 Å². The van der Waals surface area contributed by atoms with Crippen LogP contribution in [0.5, 0.6) is 17.2 Å². The summed E-state index contributed by atoms with van der Waals surface area (Å²) < 4.78 is 36.1. The van der Waals surface area contributed by atoms with Gasteiger partial charge in [0.05, 0.1) is 31.1 Å². The number of rotatable bonds is 4. The van der Waals surface area contributed by atoms with Crippen molar-refractivity contribution in [3.63, 3.8) is 0 Å². The van der Waals surface area contributed by atoms with Crippen LogP contribution in [0.15, 0.2) is 69.3 Å². The predicted octanol–water partition coefficient (Wildman–Crippen LogP) is 4.54. The van der Waals surface area contributed by atoms with Gasteiger partial charge in [-0.1, -0.05) is 6.07 Å². The van der Waals surface area contributed by atoms with Crippen LogP contribution < -0.4 is 25.6 Å². The minimum Gasteiger partial charge on any atom is -0.497 e. The first kappa shape index (κ1) is 22.9. The number of ether oxygens (including phenoxy) is 3. The molecule has 1 atom stereocenters. The number of benzene rings is 2. The molecular formula is C27H20FN3O5. The molecule has 0 fully saturated rings. The monoisotopic (exact) mass is 485 g/mol. The lowest BCUT2D eigenvalue weighted by molar-refractivity contribution is 0.386. The molecule has 9 heteroatoms. The Morgan fingerprint density at radius 2 is 1.94 bits per heavy atom. The fourth-order valence-electron chi connectivity index (χ4n) is 4.39. The van der Waals surface area contributed by atoms with E-state index in [0.717, 1.165) is 0 Å². The summed E-state index contributed by atoms with van der Waals surface area (Å²) >= 11 is 0. The third kappa shape index (κ3) is 3.60. The van der Waals surface area contributed by atoms with Crippen LogP contribution in [-0.4, -0.2) is 19.2 Å². The smallest absolute Gasteiger partial charge is 0.344 e. The van der Waals surface area contributed by atoms with Crippen LogP contribution in [0, 0.1) is 24.2 Å². The Hall–Kier alpha value is -4.84. The van der Waals surface area contributed by atoms with E-state index >= 15 is 0 Å². The van der Waals surface area contributed by atoms with E-state index in [4.69, 9.17) is 24.4 Å². The molecule has 0 saturated heterocycles. The molecule has 2 N–H and O–H groups in total. The quantitative estimate of drug-likeness (QED) is 0.330. The molecule has 4 aromatic rings. The van der Waals surface area contributed by atoms with E-state index in [1.54, 1.807) is 49.4 Å². The van der Waals surface area contributed by atoms with E-state index in [-0.39, 0.29) is 28.4 Å². The highest BCUT2D eigenvalue weighted by Gasteiger charge is 2.36. The van der Waals surface area contributed by atoms with E-state index in [1.165, 1.54) is 20.4 Å². The van der Waals surface area contributed by atoms with Gasteiger partial charge >= 0.3 is 5.63 Å². The average molecular weight is 485 g/mol. The minimum absolute atomic E-state index is 0.0570. The van der Waals surface area contributed by atoms with Crippen molar-refractivity contribution < 1.29 is 23.0 Å². The Labute approximate surface area is 205 Å². The van der Waals surface area contributed by atoms with Crippen molar-refractivity contribution in [3.05, 3.63) is 93.2 Å². The number of nitrogens with zero attached hydrogens (tertiary/aromatic N) is 2. The normalized spacial score (nSPS) is 14.7. The molecule has 5 rings (SSSR count). The van der Waals surface area contributed by atoms with E-state index in [2.05, 4.69) is 11.1 Å². The summed E-state index contributed by atoms with van der Waals surface area (Å²) in [6.45, 7) is 1.61. The number of pyridine rings is 1. The van der Waals surface area contributed by atoms with Crippen LogP contribution in [-0.2, 0) is 0 Å². The number of allylic oxidation sites excluding steroid dienone is 1. The molecule has 1 unspecified atom stereocenters. The van der Waals surface area contributed by atoms with Crippen molar-refractivity contribution in [1.82, 2.24) is 4.98 Å². The van der Waals surface area contributed by atoms with Gasteiger partial charge in [0.15, 0.2) is 5.75 Å². The zero-order valence-corrected chi connectivity index (χ0v) is 19.6. The number of fused-ring (bicyclic) bond motifs is 3. The summed E-state index contributed by atoms with van der Waals surface area (Å²) in [5, 5.41) is 10.4. The molecule has 180 valence electrons. The highest BCUT2D eigenvalue weighted by Crippen LogP contribution is 2.45. The molecule has 0 amide bonds. The van der Waals surface area contributed by atoms with Crippen molar-refractivity contribution in [1.29, 1.82) is 5.26 Å². The van der Waals surface area contributed by atoms with Gasteiger partial charge in [-0.2, -0.15) is 9.65 Å². The van der Waals surface area contributed by atoms with Gasteiger partial charge in [0.2, 0.25) is 11.8 Å². The molecule has 0 bridgehead atoms. The molecule has 1 aliphatic rings. The lowest BCUT2D eigenvalue weighted by atomic mass is 9.82. The van der Waals surface area contributed by atoms with Crippen molar-refractivity contribution >= 4 is 11.0 Å². The molecule has 2 aromatic heterocycles. The van der Waals surface area contributed by atoms with Crippen LogP contribution in [0.25, 0.3) is 22.1 Å². The predicted molar refractivity (Wildman–Crippen MR) is 129 cm³/mol.